The number of hydroxylamine groups is 2. The number of carbonyl (C=O) groups excluding carboxylic acids is 1. The van der Waals surface area contributed by atoms with Crippen molar-refractivity contribution in [2.45, 2.75) is 58.3 Å². The molecular weight excluding hydrogens is 237 g/mol. The zero-order chi connectivity index (χ0) is 10.8. The quantitative estimate of drug-likeness (QED) is 0.414. The zero-order valence-corrected chi connectivity index (χ0v) is 10.8. The Morgan fingerprint density at radius 3 is 2.00 bits per heavy atom. The van der Waals surface area contributed by atoms with Gasteiger partial charge >= 0.3 is 16.8 Å². The molecule has 0 aromatic carbocycles. The summed E-state index contributed by atoms with van der Waals surface area (Å²) in [6, 6.07) is 0. The van der Waals surface area contributed by atoms with Crippen molar-refractivity contribution in [3.8, 4) is 0 Å². The van der Waals surface area contributed by atoms with E-state index in [1.807, 2.05) is 0 Å². The van der Waals surface area contributed by atoms with Gasteiger partial charge in [-0.15, -0.1) is 0 Å². The topological polar surface area (TPSA) is 40.5 Å². The molecule has 0 aromatic heterocycles. The monoisotopic (exact) mass is 260 g/mol. The molecule has 1 amide bonds. The summed E-state index contributed by atoms with van der Waals surface area (Å²) in [6.45, 7) is 2.20. The molecule has 0 unspecified atom stereocenters. The Balaban J connectivity index is 0. The molecule has 0 saturated heterocycles. The average Bonchev–Trinajstić information content (AvgIpc) is 2.16. The number of unbranched alkanes of at least 4 members (excludes halogenated alkanes) is 6. The maximum atomic E-state index is 11.0. The number of rotatable bonds is 8. The van der Waals surface area contributed by atoms with E-state index in [0.717, 1.165) is 12.8 Å². The van der Waals surface area contributed by atoms with Crippen LogP contribution in [0.3, 0.4) is 0 Å². The first kappa shape index (κ1) is 17.3. The molecule has 15 heavy (non-hydrogen) atoms. The van der Waals surface area contributed by atoms with Crippen molar-refractivity contribution in [3.63, 3.8) is 0 Å². The molecule has 0 aliphatic heterocycles. The summed E-state index contributed by atoms with van der Waals surface area (Å²) >= 11 is 0. The molecule has 0 atom stereocenters. The van der Waals surface area contributed by atoms with Gasteiger partial charge in [-0.3, -0.25) is 10.0 Å². The van der Waals surface area contributed by atoms with Gasteiger partial charge in [-0.1, -0.05) is 45.4 Å². The fraction of sp³-hybridized carbons (Fsp3) is 0.909. The van der Waals surface area contributed by atoms with Crippen LogP contribution in [0.5, 0.6) is 0 Å². The second kappa shape index (κ2) is 12.0. The molecule has 0 aliphatic carbocycles. The van der Waals surface area contributed by atoms with Gasteiger partial charge in [0.15, 0.2) is 0 Å². The van der Waals surface area contributed by atoms with E-state index in [0.29, 0.717) is 11.5 Å². The fourth-order valence-corrected chi connectivity index (χ4v) is 1.40. The van der Waals surface area contributed by atoms with Crippen molar-refractivity contribution in [3.05, 3.63) is 0 Å². The van der Waals surface area contributed by atoms with Crippen molar-refractivity contribution in [2.24, 2.45) is 0 Å². The minimum Gasteiger partial charge on any atom is -0.286 e. The van der Waals surface area contributed by atoms with Gasteiger partial charge in [0.1, 0.15) is 0 Å². The Bertz CT molecular complexity index is 152. The molecule has 0 bridgehead atoms. The van der Waals surface area contributed by atoms with Crippen molar-refractivity contribution in [2.75, 3.05) is 7.05 Å². The van der Waals surface area contributed by atoms with Crippen LogP contribution in [-0.2, 0) is 21.6 Å². The van der Waals surface area contributed by atoms with Crippen LogP contribution in [-0.4, -0.2) is 23.2 Å². The maximum absolute atomic E-state index is 11.0. The third kappa shape index (κ3) is 11.9. The van der Waals surface area contributed by atoms with E-state index < -0.39 is 0 Å². The summed E-state index contributed by atoms with van der Waals surface area (Å²) in [5.74, 6) is -0.182. The number of amides is 1. The predicted molar refractivity (Wildman–Crippen MR) is 57.2 cm³/mol. The van der Waals surface area contributed by atoms with Gasteiger partial charge in [-0.2, -0.15) is 0 Å². The van der Waals surface area contributed by atoms with Gasteiger partial charge in [0.25, 0.3) is 0 Å². The summed E-state index contributed by atoms with van der Waals surface area (Å²) in [7, 11) is 1.38. The van der Waals surface area contributed by atoms with E-state index in [9.17, 15) is 4.79 Å². The first-order chi connectivity index (χ1) is 6.68. The second-order valence-corrected chi connectivity index (χ2v) is 3.79. The summed E-state index contributed by atoms with van der Waals surface area (Å²) in [5.41, 5.74) is 0. The van der Waals surface area contributed by atoms with Gasteiger partial charge in [-0.05, 0) is 6.42 Å². The van der Waals surface area contributed by atoms with Crippen LogP contribution < -0.4 is 0 Å². The van der Waals surface area contributed by atoms with E-state index in [2.05, 4.69) is 6.92 Å². The van der Waals surface area contributed by atoms with Gasteiger partial charge in [0.2, 0.25) is 5.91 Å². The molecule has 91 valence electrons. The Morgan fingerprint density at radius 2 is 1.53 bits per heavy atom. The SMILES string of the molecule is CCCCCCCCCC(=O)N(C)O.[Co+2]. The minimum atomic E-state index is -0.182. The zero-order valence-electron chi connectivity index (χ0n) is 9.79. The molecule has 0 aromatic rings. The first-order valence-corrected chi connectivity index (χ1v) is 5.64. The van der Waals surface area contributed by atoms with Crippen LogP contribution in [0.4, 0.5) is 0 Å². The smallest absolute Gasteiger partial charge is 0.286 e. The van der Waals surface area contributed by atoms with E-state index in [4.69, 9.17) is 5.21 Å². The normalized spacial score (nSPS) is 9.53. The Hall–Kier alpha value is -0.0635. The van der Waals surface area contributed by atoms with Gasteiger partial charge in [-0.25, -0.2) is 5.06 Å². The Labute approximate surface area is 103 Å². The number of carbonyl (C=O) groups is 1. The van der Waals surface area contributed by atoms with Crippen LogP contribution in [0, 0.1) is 0 Å². The van der Waals surface area contributed by atoms with Crippen LogP contribution >= 0.6 is 0 Å². The van der Waals surface area contributed by atoms with Crippen LogP contribution in [0.2, 0.25) is 0 Å². The number of hydrogen-bond acceptors (Lipinski definition) is 2. The van der Waals surface area contributed by atoms with Crippen molar-refractivity contribution in [1.82, 2.24) is 5.06 Å². The first-order valence-electron chi connectivity index (χ1n) is 5.64. The summed E-state index contributed by atoms with van der Waals surface area (Å²) < 4.78 is 0. The van der Waals surface area contributed by atoms with Crippen molar-refractivity contribution >= 4 is 5.91 Å². The number of nitrogens with zero attached hydrogens (tertiary/aromatic N) is 1. The molecule has 0 heterocycles. The molecule has 1 radical (unpaired) electrons. The average molecular weight is 260 g/mol. The van der Waals surface area contributed by atoms with Gasteiger partial charge in [0, 0.05) is 13.5 Å². The molecule has 1 N–H and O–H groups in total. The van der Waals surface area contributed by atoms with E-state index in [-0.39, 0.29) is 22.7 Å². The molecule has 0 fully saturated rings. The van der Waals surface area contributed by atoms with E-state index >= 15 is 0 Å². The predicted octanol–water partition coefficient (Wildman–Crippen LogP) is 2.97. The third-order valence-electron chi connectivity index (χ3n) is 2.36. The Kier molecular flexibility index (Phi) is 13.9. The fourth-order valence-electron chi connectivity index (χ4n) is 1.40. The standard InChI is InChI=1S/C11H23NO2.Co/c1-3-4-5-6-7-8-9-10-11(13)12(2)14;/h14H,3-10H2,1-2H3;/q;+2. The molecule has 4 heteroatoms. The summed E-state index contributed by atoms with van der Waals surface area (Å²) in [5, 5.41) is 9.46. The maximum Gasteiger partial charge on any atom is 2.00 e. The Morgan fingerprint density at radius 1 is 1.07 bits per heavy atom. The molecule has 0 spiro atoms. The van der Waals surface area contributed by atoms with Gasteiger partial charge in [0.05, 0.1) is 0 Å². The van der Waals surface area contributed by atoms with Crippen LogP contribution in [0.15, 0.2) is 0 Å². The van der Waals surface area contributed by atoms with Crippen molar-refractivity contribution < 1.29 is 26.8 Å². The molecule has 0 aliphatic rings. The van der Waals surface area contributed by atoms with Crippen LogP contribution in [0.25, 0.3) is 0 Å². The van der Waals surface area contributed by atoms with E-state index in [1.54, 1.807) is 0 Å². The van der Waals surface area contributed by atoms with Crippen LogP contribution in [0.1, 0.15) is 58.3 Å². The minimum absolute atomic E-state index is 0. The molecule has 3 nitrogen and oxygen atoms in total. The summed E-state index contributed by atoms with van der Waals surface area (Å²) in [4.78, 5) is 11.0. The second-order valence-electron chi connectivity index (χ2n) is 3.79. The molecule has 0 rings (SSSR count). The third-order valence-corrected chi connectivity index (χ3v) is 2.36. The van der Waals surface area contributed by atoms with Gasteiger partial charge < -0.3 is 0 Å². The van der Waals surface area contributed by atoms with E-state index in [1.165, 1.54) is 39.2 Å². The van der Waals surface area contributed by atoms with Crippen molar-refractivity contribution in [1.29, 1.82) is 0 Å². The summed E-state index contributed by atoms with van der Waals surface area (Å²) in [6.07, 6.45) is 8.86. The molecule has 0 saturated carbocycles. The number of hydrogen-bond donors (Lipinski definition) is 1. The largest absolute Gasteiger partial charge is 2.00 e. The molecular formula is C11H23CoNO2+2.